The van der Waals surface area contributed by atoms with Crippen molar-refractivity contribution in [2.75, 3.05) is 19.7 Å². The van der Waals surface area contributed by atoms with Crippen molar-refractivity contribution < 1.29 is 9.53 Å². The fourth-order valence-corrected chi connectivity index (χ4v) is 2.75. The Labute approximate surface area is 128 Å². The number of carbonyl (C=O) groups is 1. The molecule has 0 saturated carbocycles. The summed E-state index contributed by atoms with van der Waals surface area (Å²) in [7, 11) is 0. The number of amides is 1. The van der Waals surface area contributed by atoms with Crippen LogP contribution in [0.1, 0.15) is 49.7 Å². The molecular weight excluding hydrogens is 262 g/mol. The van der Waals surface area contributed by atoms with Gasteiger partial charge in [-0.25, -0.2) is 0 Å². The topological polar surface area (TPSA) is 29.5 Å². The Morgan fingerprint density at radius 2 is 1.86 bits per heavy atom. The second-order valence-corrected chi connectivity index (χ2v) is 6.02. The Morgan fingerprint density at radius 1 is 1.14 bits per heavy atom. The van der Waals surface area contributed by atoms with Gasteiger partial charge in [0.2, 0.25) is 5.91 Å². The van der Waals surface area contributed by atoms with E-state index in [4.69, 9.17) is 4.74 Å². The van der Waals surface area contributed by atoms with Crippen LogP contribution in [0.4, 0.5) is 0 Å². The van der Waals surface area contributed by atoms with E-state index in [1.165, 1.54) is 18.4 Å². The third-order valence-electron chi connectivity index (χ3n) is 4.09. The highest BCUT2D eigenvalue weighted by Gasteiger charge is 2.14. The van der Waals surface area contributed by atoms with Gasteiger partial charge in [-0.05, 0) is 50.3 Å². The van der Waals surface area contributed by atoms with Crippen LogP contribution >= 0.6 is 0 Å². The van der Waals surface area contributed by atoms with Crippen molar-refractivity contribution in [1.29, 1.82) is 0 Å². The minimum Gasteiger partial charge on any atom is -0.493 e. The molecule has 21 heavy (non-hydrogen) atoms. The van der Waals surface area contributed by atoms with E-state index in [9.17, 15) is 4.79 Å². The Hall–Kier alpha value is -1.51. The zero-order valence-corrected chi connectivity index (χ0v) is 13.4. The Bertz CT molecular complexity index is 462. The molecule has 1 aliphatic heterocycles. The van der Waals surface area contributed by atoms with E-state index in [0.29, 0.717) is 18.9 Å². The van der Waals surface area contributed by atoms with Crippen molar-refractivity contribution in [3.63, 3.8) is 0 Å². The second-order valence-electron chi connectivity index (χ2n) is 6.02. The van der Waals surface area contributed by atoms with Gasteiger partial charge in [0.25, 0.3) is 0 Å². The smallest absolute Gasteiger partial charge is 0.222 e. The molecule has 3 nitrogen and oxygen atoms in total. The van der Waals surface area contributed by atoms with Crippen molar-refractivity contribution in [2.45, 2.75) is 52.4 Å². The molecule has 1 saturated heterocycles. The van der Waals surface area contributed by atoms with E-state index < -0.39 is 0 Å². The van der Waals surface area contributed by atoms with Gasteiger partial charge in [-0.1, -0.05) is 25.0 Å². The minimum absolute atomic E-state index is 0.293. The van der Waals surface area contributed by atoms with Gasteiger partial charge in [-0.15, -0.1) is 0 Å². The largest absolute Gasteiger partial charge is 0.493 e. The van der Waals surface area contributed by atoms with Gasteiger partial charge in [0.05, 0.1) is 6.61 Å². The van der Waals surface area contributed by atoms with Gasteiger partial charge in [0, 0.05) is 19.5 Å². The lowest BCUT2D eigenvalue weighted by atomic mass is 10.1. The molecule has 0 N–H and O–H groups in total. The average Bonchev–Trinajstić information content (AvgIpc) is 2.76. The molecule has 1 heterocycles. The number of carbonyl (C=O) groups excluding carboxylic acids is 1. The van der Waals surface area contributed by atoms with Crippen molar-refractivity contribution in [1.82, 2.24) is 4.90 Å². The first-order valence-electron chi connectivity index (χ1n) is 8.14. The van der Waals surface area contributed by atoms with Gasteiger partial charge >= 0.3 is 0 Å². The maximum absolute atomic E-state index is 12.2. The highest BCUT2D eigenvalue weighted by Crippen LogP contribution is 2.19. The molecule has 0 bridgehead atoms. The highest BCUT2D eigenvalue weighted by molar-refractivity contribution is 5.76. The molecule has 1 fully saturated rings. The number of hydrogen-bond acceptors (Lipinski definition) is 2. The van der Waals surface area contributed by atoms with Gasteiger partial charge in [-0.3, -0.25) is 4.79 Å². The van der Waals surface area contributed by atoms with Crippen molar-refractivity contribution in [3.8, 4) is 5.75 Å². The number of benzene rings is 1. The number of ether oxygens (including phenoxy) is 1. The number of hydrogen-bond donors (Lipinski definition) is 0. The fraction of sp³-hybridized carbons (Fsp3) is 0.611. The summed E-state index contributed by atoms with van der Waals surface area (Å²) in [5.41, 5.74) is 2.36. The minimum atomic E-state index is 0.293. The lowest BCUT2D eigenvalue weighted by Gasteiger charge is -2.20. The molecule has 3 heteroatoms. The molecule has 0 radical (unpaired) electrons. The molecular formula is C18H27NO2. The predicted octanol–water partition coefficient (Wildman–Crippen LogP) is 3.87. The van der Waals surface area contributed by atoms with Gasteiger partial charge < -0.3 is 9.64 Å². The van der Waals surface area contributed by atoms with Crippen LogP contribution in [0.15, 0.2) is 18.2 Å². The predicted molar refractivity (Wildman–Crippen MR) is 85.7 cm³/mol. The monoisotopic (exact) mass is 289 g/mol. The zero-order valence-electron chi connectivity index (χ0n) is 13.4. The lowest BCUT2D eigenvalue weighted by Crippen LogP contribution is -2.31. The molecule has 116 valence electrons. The van der Waals surface area contributed by atoms with Crippen LogP contribution in [0.3, 0.4) is 0 Å². The van der Waals surface area contributed by atoms with Crippen LogP contribution in [0.2, 0.25) is 0 Å². The summed E-state index contributed by atoms with van der Waals surface area (Å²) in [4.78, 5) is 14.2. The number of rotatable bonds is 5. The van der Waals surface area contributed by atoms with Crippen LogP contribution in [-0.2, 0) is 4.79 Å². The van der Waals surface area contributed by atoms with E-state index in [0.717, 1.165) is 43.7 Å². The summed E-state index contributed by atoms with van der Waals surface area (Å²) in [5, 5.41) is 0. The standard InChI is InChI=1S/C18H27NO2/c1-15-9-10-16(2)17(14-15)21-13-7-8-18(20)19-11-5-3-4-6-12-19/h9-10,14H,3-8,11-13H2,1-2H3. The molecule has 0 atom stereocenters. The maximum atomic E-state index is 12.2. The maximum Gasteiger partial charge on any atom is 0.222 e. The molecule has 0 aliphatic carbocycles. The van der Waals surface area contributed by atoms with Crippen molar-refractivity contribution in [3.05, 3.63) is 29.3 Å². The van der Waals surface area contributed by atoms with Crippen molar-refractivity contribution >= 4 is 5.91 Å². The van der Waals surface area contributed by atoms with E-state index in [-0.39, 0.29) is 0 Å². The van der Waals surface area contributed by atoms with E-state index in [1.807, 2.05) is 4.90 Å². The normalized spacial score (nSPS) is 15.6. The molecule has 1 aromatic carbocycles. The summed E-state index contributed by atoms with van der Waals surface area (Å²) in [5.74, 6) is 1.23. The molecule has 0 aromatic heterocycles. The first kappa shape index (κ1) is 15.9. The van der Waals surface area contributed by atoms with Crippen LogP contribution in [0.5, 0.6) is 5.75 Å². The first-order valence-corrected chi connectivity index (χ1v) is 8.14. The van der Waals surface area contributed by atoms with E-state index in [2.05, 4.69) is 32.0 Å². The van der Waals surface area contributed by atoms with Crippen molar-refractivity contribution in [2.24, 2.45) is 0 Å². The Kier molecular flexibility index (Phi) is 6.09. The molecule has 2 rings (SSSR count). The van der Waals surface area contributed by atoms with Crippen LogP contribution in [-0.4, -0.2) is 30.5 Å². The fourth-order valence-electron chi connectivity index (χ4n) is 2.75. The molecule has 0 unspecified atom stereocenters. The summed E-state index contributed by atoms with van der Waals surface area (Å²) >= 11 is 0. The van der Waals surface area contributed by atoms with Crippen LogP contribution in [0.25, 0.3) is 0 Å². The third kappa shape index (κ3) is 5.07. The summed E-state index contributed by atoms with van der Waals surface area (Å²) < 4.78 is 5.81. The number of likely N-dealkylation sites (tertiary alicyclic amines) is 1. The average molecular weight is 289 g/mol. The van der Waals surface area contributed by atoms with Gasteiger partial charge in [-0.2, -0.15) is 0 Å². The molecule has 1 aromatic rings. The Morgan fingerprint density at radius 3 is 2.57 bits per heavy atom. The highest BCUT2D eigenvalue weighted by atomic mass is 16.5. The number of aryl methyl sites for hydroxylation is 2. The molecule has 0 spiro atoms. The van der Waals surface area contributed by atoms with Gasteiger partial charge in [0.15, 0.2) is 0 Å². The quantitative estimate of drug-likeness (QED) is 0.770. The Balaban J connectivity index is 1.71. The molecule has 1 amide bonds. The third-order valence-corrected chi connectivity index (χ3v) is 4.09. The van der Waals surface area contributed by atoms with E-state index >= 15 is 0 Å². The van der Waals surface area contributed by atoms with Gasteiger partial charge in [0.1, 0.15) is 5.75 Å². The first-order chi connectivity index (χ1) is 10.2. The second kappa shape index (κ2) is 8.06. The van der Waals surface area contributed by atoms with E-state index in [1.54, 1.807) is 0 Å². The lowest BCUT2D eigenvalue weighted by molar-refractivity contribution is -0.131. The zero-order chi connectivity index (χ0) is 15.1. The summed E-state index contributed by atoms with van der Waals surface area (Å²) in [6, 6.07) is 6.23. The summed E-state index contributed by atoms with van der Waals surface area (Å²) in [6.07, 6.45) is 6.24. The summed E-state index contributed by atoms with van der Waals surface area (Å²) in [6.45, 7) is 6.61. The van der Waals surface area contributed by atoms with Crippen LogP contribution < -0.4 is 4.74 Å². The molecule has 1 aliphatic rings. The van der Waals surface area contributed by atoms with Crippen LogP contribution in [0, 0.1) is 13.8 Å². The SMILES string of the molecule is Cc1ccc(C)c(OCCCC(=O)N2CCCCCC2)c1. The number of nitrogens with zero attached hydrogens (tertiary/aromatic N) is 1.